The van der Waals surface area contributed by atoms with Crippen molar-refractivity contribution in [2.24, 2.45) is 11.7 Å². The molecule has 1 aliphatic rings. The van der Waals surface area contributed by atoms with E-state index in [0.29, 0.717) is 5.92 Å². The number of nitrogens with two attached hydrogens (primary N) is 1. The molecule has 2 atom stereocenters. The third-order valence-electron chi connectivity index (χ3n) is 3.28. The minimum absolute atomic E-state index is 0.259. The van der Waals surface area contributed by atoms with Gasteiger partial charge in [0, 0.05) is 6.04 Å². The molecule has 0 saturated carbocycles. The lowest BCUT2D eigenvalue weighted by Gasteiger charge is -2.12. The fraction of sp³-hybridized carbons (Fsp3) is 0.500. The molecule has 0 saturated heterocycles. The maximum Gasteiger partial charge on any atom is 0.0329 e. The summed E-state index contributed by atoms with van der Waals surface area (Å²) in [5.41, 5.74) is 11.8. The van der Waals surface area contributed by atoms with Crippen LogP contribution in [0.4, 0.5) is 0 Å². The van der Waals surface area contributed by atoms with Crippen molar-refractivity contribution in [3.8, 4) is 0 Å². The highest BCUT2D eigenvalue weighted by atomic mass is 14.7. The van der Waals surface area contributed by atoms with Gasteiger partial charge in [0.05, 0.1) is 0 Å². The van der Waals surface area contributed by atoms with Crippen LogP contribution in [0.25, 0.3) is 0 Å². The fourth-order valence-corrected chi connectivity index (χ4v) is 2.36. The van der Waals surface area contributed by atoms with Crippen molar-refractivity contribution in [2.75, 3.05) is 0 Å². The van der Waals surface area contributed by atoms with Crippen LogP contribution in [0.5, 0.6) is 0 Å². The standard InChI is InChI=1S/C12H17N/c1-7-4-5-8(2)11-10(7)6-9(3)12(11)13/h4-5,9,12H,6,13H2,1-3H3. The molecule has 1 aromatic rings. The first-order valence-electron chi connectivity index (χ1n) is 4.96. The van der Waals surface area contributed by atoms with Gasteiger partial charge in [-0.2, -0.15) is 0 Å². The molecule has 1 heteroatoms. The quantitative estimate of drug-likeness (QED) is 0.644. The zero-order chi connectivity index (χ0) is 9.59. The summed E-state index contributed by atoms with van der Waals surface area (Å²) in [6.07, 6.45) is 1.16. The van der Waals surface area contributed by atoms with Gasteiger partial charge in [0.2, 0.25) is 0 Å². The van der Waals surface area contributed by atoms with Crippen molar-refractivity contribution < 1.29 is 0 Å². The van der Waals surface area contributed by atoms with Crippen molar-refractivity contribution >= 4 is 0 Å². The predicted molar refractivity (Wildman–Crippen MR) is 55.7 cm³/mol. The zero-order valence-electron chi connectivity index (χ0n) is 8.59. The normalized spacial score (nSPS) is 26.2. The van der Waals surface area contributed by atoms with Crippen LogP contribution in [0.3, 0.4) is 0 Å². The molecule has 0 fully saturated rings. The van der Waals surface area contributed by atoms with Gasteiger partial charge in [-0.05, 0) is 48.4 Å². The van der Waals surface area contributed by atoms with E-state index < -0.39 is 0 Å². The highest BCUT2D eigenvalue weighted by Gasteiger charge is 2.28. The van der Waals surface area contributed by atoms with Gasteiger partial charge >= 0.3 is 0 Å². The molecule has 0 bridgehead atoms. The summed E-state index contributed by atoms with van der Waals surface area (Å²) < 4.78 is 0. The summed E-state index contributed by atoms with van der Waals surface area (Å²) in [5, 5.41) is 0. The summed E-state index contributed by atoms with van der Waals surface area (Å²) in [6.45, 7) is 6.59. The van der Waals surface area contributed by atoms with Crippen molar-refractivity contribution in [3.05, 3.63) is 34.4 Å². The Kier molecular flexibility index (Phi) is 1.92. The largest absolute Gasteiger partial charge is 0.324 e. The maximum absolute atomic E-state index is 6.16. The molecule has 2 unspecified atom stereocenters. The second-order valence-electron chi connectivity index (χ2n) is 4.30. The van der Waals surface area contributed by atoms with Crippen molar-refractivity contribution in [1.29, 1.82) is 0 Å². The van der Waals surface area contributed by atoms with E-state index in [4.69, 9.17) is 5.73 Å². The number of aryl methyl sites for hydroxylation is 2. The number of rotatable bonds is 0. The molecule has 0 heterocycles. The number of fused-ring (bicyclic) bond motifs is 1. The smallest absolute Gasteiger partial charge is 0.0329 e. The van der Waals surface area contributed by atoms with Gasteiger partial charge in [-0.15, -0.1) is 0 Å². The molecule has 0 radical (unpaired) electrons. The molecule has 1 aliphatic carbocycles. The molecule has 70 valence electrons. The van der Waals surface area contributed by atoms with Gasteiger partial charge in [0.1, 0.15) is 0 Å². The molecular formula is C12H17N. The van der Waals surface area contributed by atoms with Gasteiger partial charge in [-0.1, -0.05) is 19.1 Å². The van der Waals surface area contributed by atoms with Crippen molar-refractivity contribution in [3.63, 3.8) is 0 Å². The van der Waals surface area contributed by atoms with Crippen LogP contribution in [0.15, 0.2) is 12.1 Å². The van der Waals surface area contributed by atoms with Crippen LogP contribution in [0, 0.1) is 19.8 Å². The lowest BCUT2D eigenvalue weighted by Crippen LogP contribution is -2.14. The van der Waals surface area contributed by atoms with E-state index in [2.05, 4.69) is 32.9 Å². The molecule has 1 aromatic carbocycles. The third kappa shape index (κ3) is 1.19. The highest BCUT2D eigenvalue weighted by Crippen LogP contribution is 2.37. The van der Waals surface area contributed by atoms with Gasteiger partial charge in [-0.3, -0.25) is 0 Å². The maximum atomic E-state index is 6.16. The molecule has 13 heavy (non-hydrogen) atoms. The SMILES string of the molecule is Cc1ccc(C)c2c1CC(C)C2N. The molecule has 1 nitrogen and oxygen atoms in total. The van der Waals surface area contributed by atoms with Crippen molar-refractivity contribution in [1.82, 2.24) is 0 Å². The summed E-state index contributed by atoms with van der Waals surface area (Å²) >= 11 is 0. The van der Waals surface area contributed by atoms with Gasteiger partial charge in [0.25, 0.3) is 0 Å². The summed E-state index contributed by atoms with van der Waals surface area (Å²) in [7, 11) is 0. The Bertz CT molecular complexity index is 341. The van der Waals surface area contributed by atoms with Crippen LogP contribution >= 0.6 is 0 Å². The van der Waals surface area contributed by atoms with E-state index in [-0.39, 0.29) is 6.04 Å². The molecular weight excluding hydrogens is 158 g/mol. The van der Waals surface area contributed by atoms with E-state index in [1.807, 2.05) is 0 Å². The average molecular weight is 175 g/mol. The molecule has 0 aromatic heterocycles. The summed E-state index contributed by atoms with van der Waals surface area (Å²) in [6, 6.07) is 4.65. The Morgan fingerprint density at radius 3 is 2.46 bits per heavy atom. The summed E-state index contributed by atoms with van der Waals surface area (Å²) in [5.74, 6) is 0.606. The van der Waals surface area contributed by atoms with Gasteiger partial charge in [-0.25, -0.2) is 0 Å². The van der Waals surface area contributed by atoms with E-state index in [1.54, 1.807) is 0 Å². The van der Waals surface area contributed by atoms with Crippen LogP contribution < -0.4 is 5.73 Å². The molecule has 2 rings (SSSR count). The summed E-state index contributed by atoms with van der Waals surface area (Å²) in [4.78, 5) is 0. The lowest BCUT2D eigenvalue weighted by molar-refractivity contribution is 0.512. The minimum Gasteiger partial charge on any atom is -0.324 e. The Hall–Kier alpha value is -0.820. The number of benzene rings is 1. The average Bonchev–Trinajstić information content (AvgIpc) is 2.38. The van der Waals surface area contributed by atoms with E-state index in [9.17, 15) is 0 Å². The Morgan fingerprint density at radius 1 is 1.23 bits per heavy atom. The Morgan fingerprint density at radius 2 is 1.85 bits per heavy atom. The van der Waals surface area contributed by atoms with Crippen molar-refractivity contribution in [2.45, 2.75) is 33.2 Å². The molecule has 0 amide bonds. The Balaban J connectivity index is 2.61. The number of hydrogen-bond donors (Lipinski definition) is 1. The third-order valence-corrected chi connectivity index (χ3v) is 3.28. The van der Waals surface area contributed by atoms with Crippen LogP contribution in [0.1, 0.15) is 35.2 Å². The van der Waals surface area contributed by atoms with Gasteiger partial charge in [0.15, 0.2) is 0 Å². The van der Waals surface area contributed by atoms with E-state index in [1.165, 1.54) is 22.3 Å². The zero-order valence-corrected chi connectivity index (χ0v) is 8.59. The second kappa shape index (κ2) is 2.85. The van der Waals surface area contributed by atoms with Gasteiger partial charge < -0.3 is 5.73 Å². The predicted octanol–water partition coefficient (Wildman–Crippen LogP) is 2.50. The monoisotopic (exact) mass is 175 g/mol. The van der Waals surface area contributed by atoms with Crippen LogP contribution in [-0.4, -0.2) is 0 Å². The minimum atomic E-state index is 0.259. The first-order chi connectivity index (χ1) is 6.11. The molecule has 0 spiro atoms. The fourth-order valence-electron chi connectivity index (χ4n) is 2.36. The molecule has 0 aliphatic heterocycles. The second-order valence-corrected chi connectivity index (χ2v) is 4.30. The first-order valence-corrected chi connectivity index (χ1v) is 4.96. The molecule has 2 N–H and O–H groups in total. The highest BCUT2D eigenvalue weighted by molar-refractivity contribution is 5.45. The van der Waals surface area contributed by atoms with Crippen LogP contribution in [0.2, 0.25) is 0 Å². The van der Waals surface area contributed by atoms with Crippen LogP contribution in [-0.2, 0) is 6.42 Å². The Labute approximate surface area is 80.0 Å². The first kappa shape index (κ1) is 8.76. The lowest BCUT2D eigenvalue weighted by atomic mass is 9.98. The topological polar surface area (TPSA) is 26.0 Å². The number of hydrogen-bond acceptors (Lipinski definition) is 1. The van der Waals surface area contributed by atoms with E-state index >= 15 is 0 Å². The van der Waals surface area contributed by atoms with E-state index in [0.717, 1.165) is 6.42 Å².